The summed E-state index contributed by atoms with van der Waals surface area (Å²) in [6.07, 6.45) is 1.34. The largest absolute Gasteiger partial charge is 0.494 e. The van der Waals surface area contributed by atoms with Gasteiger partial charge in [0.2, 0.25) is 0 Å². The predicted molar refractivity (Wildman–Crippen MR) is 84.8 cm³/mol. The fraction of sp³-hybridized carbons (Fsp3) is 0.647. The molecule has 2 saturated heterocycles. The lowest BCUT2D eigenvalue weighted by molar-refractivity contribution is 0.00578. The SMILES string of the molecule is CC1(C)OB(c2ccc(C34CNCC3C4)cc2)OC1(C)C. The summed E-state index contributed by atoms with van der Waals surface area (Å²) in [6.45, 7) is 10.7. The smallest absolute Gasteiger partial charge is 0.399 e. The number of nitrogens with one attached hydrogen (secondary N) is 1. The lowest BCUT2D eigenvalue weighted by atomic mass is 9.78. The van der Waals surface area contributed by atoms with Crippen molar-refractivity contribution in [3.05, 3.63) is 29.8 Å². The molecule has 4 rings (SSSR count). The molecule has 3 nitrogen and oxygen atoms in total. The Morgan fingerprint density at radius 3 is 2.14 bits per heavy atom. The van der Waals surface area contributed by atoms with E-state index in [9.17, 15) is 0 Å². The van der Waals surface area contributed by atoms with Gasteiger partial charge in [-0.1, -0.05) is 24.3 Å². The Morgan fingerprint density at radius 1 is 1.05 bits per heavy atom. The van der Waals surface area contributed by atoms with Crippen molar-refractivity contribution in [1.82, 2.24) is 5.32 Å². The monoisotopic (exact) mass is 285 g/mol. The minimum absolute atomic E-state index is 0.252. The van der Waals surface area contributed by atoms with Crippen molar-refractivity contribution in [2.24, 2.45) is 5.92 Å². The number of hydrogen-bond donors (Lipinski definition) is 1. The van der Waals surface area contributed by atoms with Gasteiger partial charge in [-0.3, -0.25) is 0 Å². The Balaban J connectivity index is 1.55. The summed E-state index contributed by atoms with van der Waals surface area (Å²) in [5.74, 6) is 0.847. The Hall–Kier alpha value is -0.835. The van der Waals surface area contributed by atoms with Gasteiger partial charge in [-0.15, -0.1) is 0 Å². The van der Waals surface area contributed by atoms with E-state index < -0.39 is 0 Å². The maximum Gasteiger partial charge on any atom is 0.494 e. The quantitative estimate of drug-likeness (QED) is 0.841. The first-order valence-electron chi connectivity index (χ1n) is 8.01. The van der Waals surface area contributed by atoms with E-state index in [0.29, 0.717) is 5.41 Å². The molecule has 1 aromatic rings. The van der Waals surface area contributed by atoms with Crippen LogP contribution < -0.4 is 10.8 Å². The summed E-state index contributed by atoms with van der Waals surface area (Å²) in [4.78, 5) is 0. The average molecular weight is 285 g/mol. The van der Waals surface area contributed by atoms with Crippen molar-refractivity contribution in [2.45, 2.75) is 50.7 Å². The molecule has 1 aliphatic carbocycles. The number of hydrogen-bond acceptors (Lipinski definition) is 3. The third kappa shape index (κ3) is 1.92. The molecular weight excluding hydrogens is 261 g/mol. The summed E-state index contributed by atoms with van der Waals surface area (Å²) in [6, 6.07) is 8.90. The Kier molecular flexibility index (Phi) is 2.71. The van der Waals surface area contributed by atoms with E-state index in [0.717, 1.165) is 17.9 Å². The third-order valence-corrected chi connectivity index (χ3v) is 6.07. The highest BCUT2D eigenvalue weighted by atomic mass is 16.7. The van der Waals surface area contributed by atoms with Gasteiger partial charge >= 0.3 is 7.12 Å². The van der Waals surface area contributed by atoms with Gasteiger partial charge in [-0.05, 0) is 57.6 Å². The zero-order valence-electron chi connectivity index (χ0n) is 13.4. The van der Waals surface area contributed by atoms with Crippen LogP contribution in [0.2, 0.25) is 0 Å². The number of fused-ring (bicyclic) bond motifs is 1. The fourth-order valence-corrected chi connectivity index (χ4v) is 3.74. The van der Waals surface area contributed by atoms with E-state index in [1.807, 2.05) is 0 Å². The van der Waals surface area contributed by atoms with Gasteiger partial charge in [-0.25, -0.2) is 0 Å². The van der Waals surface area contributed by atoms with E-state index in [1.54, 1.807) is 0 Å². The van der Waals surface area contributed by atoms with Crippen molar-refractivity contribution in [2.75, 3.05) is 13.1 Å². The van der Waals surface area contributed by atoms with Gasteiger partial charge in [0.25, 0.3) is 0 Å². The van der Waals surface area contributed by atoms with Gasteiger partial charge < -0.3 is 14.6 Å². The second-order valence-electron chi connectivity index (χ2n) is 7.90. The molecule has 3 fully saturated rings. The van der Waals surface area contributed by atoms with Crippen LogP contribution in [0, 0.1) is 5.92 Å². The van der Waals surface area contributed by atoms with Crippen LogP contribution in [0.15, 0.2) is 24.3 Å². The van der Waals surface area contributed by atoms with Crippen LogP contribution in [0.25, 0.3) is 0 Å². The summed E-state index contributed by atoms with van der Waals surface area (Å²) >= 11 is 0. The van der Waals surface area contributed by atoms with Crippen LogP contribution in [0.4, 0.5) is 0 Å². The Bertz CT molecular complexity index is 553. The molecule has 4 heteroatoms. The summed E-state index contributed by atoms with van der Waals surface area (Å²) < 4.78 is 12.2. The molecule has 2 atom stereocenters. The molecule has 2 heterocycles. The Labute approximate surface area is 127 Å². The zero-order valence-corrected chi connectivity index (χ0v) is 13.4. The molecule has 1 N–H and O–H groups in total. The minimum atomic E-state index is -0.272. The van der Waals surface area contributed by atoms with Gasteiger partial charge in [-0.2, -0.15) is 0 Å². The second kappa shape index (κ2) is 4.12. The Morgan fingerprint density at radius 2 is 1.67 bits per heavy atom. The van der Waals surface area contributed by atoms with E-state index in [2.05, 4.69) is 57.3 Å². The summed E-state index contributed by atoms with van der Waals surface area (Å²) in [5, 5.41) is 3.50. The van der Waals surface area contributed by atoms with Gasteiger partial charge in [0.05, 0.1) is 11.2 Å². The molecule has 0 bridgehead atoms. The average Bonchev–Trinajstić information content (AvgIpc) is 2.90. The van der Waals surface area contributed by atoms with Crippen LogP contribution in [0.1, 0.15) is 39.7 Å². The molecular formula is C17H24BNO2. The maximum absolute atomic E-state index is 6.12. The van der Waals surface area contributed by atoms with Crippen molar-refractivity contribution < 1.29 is 9.31 Å². The molecule has 2 aliphatic heterocycles. The number of piperidine rings is 1. The number of rotatable bonds is 2. The topological polar surface area (TPSA) is 30.5 Å². The van der Waals surface area contributed by atoms with Crippen LogP contribution in [0.5, 0.6) is 0 Å². The number of benzene rings is 1. The summed E-state index contributed by atoms with van der Waals surface area (Å²) in [7, 11) is -0.252. The first kappa shape index (κ1) is 13.8. The first-order valence-corrected chi connectivity index (χ1v) is 8.01. The molecule has 2 unspecified atom stereocenters. The van der Waals surface area contributed by atoms with Gasteiger partial charge in [0.15, 0.2) is 0 Å². The molecule has 0 amide bonds. The highest BCUT2D eigenvalue weighted by Gasteiger charge is 2.58. The van der Waals surface area contributed by atoms with E-state index in [-0.39, 0.29) is 18.3 Å². The lowest BCUT2D eigenvalue weighted by Gasteiger charge is -2.32. The van der Waals surface area contributed by atoms with Crippen molar-refractivity contribution in [3.8, 4) is 0 Å². The van der Waals surface area contributed by atoms with E-state index in [4.69, 9.17) is 9.31 Å². The molecule has 1 aromatic carbocycles. The van der Waals surface area contributed by atoms with Crippen molar-refractivity contribution in [3.63, 3.8) is 0 Å². The van der Waals surface area contributed by atoms with Crippen LogP contribution in [-0.4, -0.2) is 31.4 Å². The minimum Gasteiger partial charge on any atom is -0.399 e. The standard InChI is InChI=1S/C17H24BNO2/c1-15(2)16(3,4)21-18(20-15)14-7-5-12(6-8-14)17-9-13(17)10-19-11-17/h5-8,13,19H,9-11H2,1-4H3. The second-order valence-corrected chi connectivity index (χ2v) is 7.90. The molecule has 0 radical (unpaired) electrons. The van der Waals surface area contributed by atoms with Crippen molar-refractivity contribution >= 4 is 12.6 Å². The maximum atomic E-state index is 6.12. The van der Waals surface area contributed by atoms with E-state index >= 15 is 0 Å². The molecule has 1 saturated carbocycles. The fourth-order valence-electron chi connectivity index (χ4n) is 3.74. The molecule has 0 aromatic heterocycles. The highest BCUT2D eigenvalue weighted by molar-refractivity contribution is 6.62. The third-order valence-electron chi connectivity index (χ3n) is 6.07. The van der Waals surface area contributed by atoms with Crippen LogP contribution in [-0.2, 0) is 14.7 Å². The van der Waals surface area contributed by atoms with Crippen LogP contribution >= 0.6 is 0 Å². The molecule has 0 spiro atoms. The van der Waals surface area contributed by atoms with Gasteiger partial charge in [0.1, 0.15) is 0 Å². The van der Waals surface area contributed by atoms with Crippen molar-refractivity contribution in [1.29, 1.82) is 0 Å². The molecule has 21 heavy (non-hydrogen) atoms. The predicted octanol–water partition coefficient (Wildman–Crippen LogP) is 1.85. The van der Waals surface area contributed by atoms with E-state index in [1.165, 1.54) is 18.5 Å². The first-order chi connectivity index (χ1) is 9.84. The van der Waals surface area contributed by atoms with Crippen LogP contribution in [0.3, 0.4) is 0 Å². The lowest BCUT2D eigenvalue weighted by Crippen LogP contribution is -2.41. The molecule has 3 aliphatic rings. The molecule has 112 valence electrons. The highest BCUT2D eigenvalue weighted by Crippen LogP contribution is 2.56. The zero-order chi connectivity index (χ0) is 14.9. The normalized spacial score (nSPS) is 35.8. The summed E-state index contributed by atoms with van der Waals surface area (Å²) in [5.41, 5.74) is 2.47. The van der Waals surface area contributed by atoms with Gasteiger partial charge in [0, 0.05) is 12.0 Å².